The standard InChI is InChI=1S/C46H27N5O2/c1-3-14-28(15-4-1)30-20-13-25-37-40(30)41(50-51(37)29-16-5-2-6-17-29)46-48-44(35-23-11-21-33-31-18-7-9-26-38(31)52-42(33)35)47-45(49-46)36-24-12-22-34-32-19-8-10-27-39(32)53-43(34)36/h1-27H. The molecule has 0 spiro atoms. The van der Waals surface area contributed by atoms with E-state index in [4.69, 9.17) is 28.9 Å². The Labute approximate surface area is 302 Å². The molecule has 53 heavy (non-hydrogen) atoms. The summed E-state index contributed by atoms with van der Waals surface area (Å²) in [5.74, 6) is 1.39. The van der Waals surface area contributed by atoms with Crippen molar-refractivity contribution >= 4 is 54.8 Å². The van der Waals surface area contributed by atoms with Gasteiger partial charge in [-0.1, -0.05) is 121 Å². The third kappa shape index (κ3) is 4.61. The smallest absolute Gasteiger partial charge is 0.185 e. The third-order valence-electron chi connectivity index (χ3n) is 9.93. The van der Waals surface area contributed by atoms with Crippen LogP contribution in [0.15, 0.2) is 173 Å². The highest BCUT2D eigenvalue weighted by molar-refractivity contribution is 6.11. The van der Waals surface area contributed by atoms with Crippen LogP contribution in [0.4, 0.5) is 0 Å². The van der Waals surface area contributed by atoms with Crippen molar-refractivity contribution in [2.75, 3.05) is 0 Å². The Balaban J connectivity index is 1.24. The van der Waals surface area contributed by atoms with Crippen molar-refractivity contribution < 1.29 is 8.83 Å². The molecule has 11 rings (SSSR count). The number of fused-ring (bicyclic) bond motifs is 7. The molecule has 0 radical (unpaired) electrons. The summed E-state index contributed by atoms with van der Waals surface area (Å²) < 4.78 is 15.0. The fraction of sp³-hybridized carbons (Fsp3) is 0. The molecule has 0 unspecified atom stereocenters. The van der Waals surface area contributed by atoms with Crippen LogP contribution >= 0.6 is 0 Å². The molecule has 7 heteroatoms. The van der Waals surface area contributed by atoms with E-state index in [0.717, 1.165) is 71.6 Å². The Hall–Kier alpha value is -7.38. The highest BCUT2D eigenvalue weighted by Gasteiger charge is 2.24. The molecule has 0 saturated carbocycles. The minimum atomic E-state index is 0.439. The average Bonchev–Trinajstić information content (AvgIpc) is 3.93. The number of benzene rings is 7. The number of hydrogen-bond donors (Lipinski definition) is 0. The Morgan fingerprint density at radius 2 is 0.887 bits per heavy atom. The fourth-order valence-electron chi connectivity index (χ4n) is 7.52. The van der Waals surface area contributed by atoms with Crippen LogP contribution in [0.5, 0.6) is 0 Å². The van der Waals surface area contributed by atoms with Gasteiger partial charge in [0.1, 0.15) is 28.0 Å². The van der Waals surface area contributed by atoms with Gasteiger partial charge in [-0.25, -0.2) is 19.6 Å². The summed E-state index contributed by atoms with van der Waals surface area (Å²) in [6.45, 7) is 0. The molecule has 0 bridgehead atoms. The Morgan fingerprint density at radius 1 is 0.396 bits per heavy atom. The molecule has 0 aliphatic heterocycles. The normalized spacial score (nSPS) is 11.8. The first-order chi connectivity index (χ1) is 26.3. The van der Waals surface area contributed by atoms with Gasteiger partial charge in [-0.3, -0.25) is 0 Å². The predicted molar refractivity (Wildman–Crippen MR) is 211 cm³/mol. The SMILES string of the molecule is c1ccc(-c2cccc3c2c(-c2nc(-c4cccc5c4oc4ccccc45)nc(-c4cccc5c4oc4ccccc45)n2)nn3-c2ccccc2)cc1. The van der Waals surface area contributed by atoms with E-state index < -0.39 is 0 Å². The van der Waals surface area contributed by atoms with Gasteiger partial charge in [-0.05, 0) is 53.6 Å². The molecule has 248 valence electrons. The second-order valence-electron chi connectivity index (χ2n) is 13.0. The molecule has 4 aromatic heterocycles. The van der Waals surface area contributed by atoms with E-state index in [1.54, 1.807) is 0 Å². The lowest BCUT2D eigenvalue weighted by molar-refractivity contribution is 0.669. The number of nitrogens with zero attached hydrogens (tertiary/aromatic N) is 5. The maximum Gasteiger partial charge on any atom is 0.185 e. The molecule has 0 aliphatic carbocycles. The first-order valence-corrected chi connectivity index (χ1v) is 17.5. The summed E-state index contributed by atoms with van der Waals surface area (Å²) in [5.41, 5.74) is 9.16. The molecule has 0 atom stereocenters. The van der Waals surface area contributed by atoms with Crippen molar-refractivity contribution in [2.45, 2.75) is 0 Å². The van der Waals surface area contributed by atoms with Gasteiger partial charge in [-0.15, -0.1) is 0 Å². The van der Waals surface area contributed by atoms with Crippen LogP contribution in [0, 0.1) is 0 Å². The van der Waals surface area contributed by atoms with E-state index in [0.29, 0.717) is 34.3 Å². The zero-order chi connectivity index (χ0) is 34.9. The maximum atomic E-state index is 6.51. The van der Waals surface area contributed by atoms with Crippen LogP contribution in [0.1, 0.15) is 0 Å². The van der Waals surface area contributed by atoms with E-state index in [9.17, 15) is 0 Å². The van der Waals surface area contributed by atoms with Crippen molar-refractivity contribution in [1.82, 2.24) is 24.7 Å². The van der Waals surface area contributed by atoms with Crippen LogP contribution in [0.3, 0.4) is 0 Å². The van der Waals surface area contributed by atoms with Crippen molar-refractivity contribution in [1.29, 1.82) is 0 Å². The van der Waals surface area contributed by atoms with Gasteiger partial charge in [0.15, 0.2) is 17.5 Å². The molecule has 0 aliphatic rings. The quantitative estimate of drug-likeness (QED) is 0.180. The molecule has 11 aromatic rings. The van der Waals surface area contributed by atoms with Gasteiger partial charge < -0.3 is 8.83 Å². The number of furan rings is 2. The van der Waals surface area contributed by atoms with Crippen molar-refractivity contribution in [3.63, 3.8) is 0 Å². The topological polar surface area (TPSA) is 82.8 Å². The molecule has 7 aromatic carbocycles. The second-order valence-corrected chi connectivity index (χ2v) is 13.0. The second kappa shape index (κ2) is 11.6. The zero-order valence-electron chi connectivity index (χ0n) is 28.1. The summed E-state index contributed by atoms with van der Waals surface area (Å²) in [5, 5.41) is 10.3. The number of rotatable bonds is 5. The van der Waals surface area contributed by atoms with Crippen LogP contribution in [0.25, 0.3) is 106 Å². The number of hydrogen-bond acceptors (Lipinski definition) is 6. The zero-order valence-corrected chi connectivity index (χ0v) is 28.1. The Bertz CT molecular complexity index is 3050. The van der Waals surface area contributed by atoms with Crippen LogP contribution in [0.2, 0.25) is 0 Å². The summed E-state index contributed by atoms with van der Waals surface area (Å²) in [7, 11) is 0. The number of para-hydroxylation sites is 5. The van der Waals surface area contributed by atoms with Crippen molar-refractivity contribution in [3.05, 3.63) is 164 Å². The molecule has 4 heterocycles. The molecular formula is C46H27N5O2. The molecule has 0 N–H and O–H groups in total. The largest absolute Gasteiger partial charge is 0.455 e. The maximum absolute atomic E-state index is 6.51. The number of aromatic nitrogens is 5. The van der Waals surface area contributed by atoms with Crippen LogP contribution in [-0.4, -0.2) is 24.7 Å². The lowest BCUT2D eigenvalue weighted by atomic mass is 9.99. The van der Waals surface area contributed by atoms with E-state index in [-0.39, 0.29) is 0 Å². The van der Waals surface area contributed by atoms with Gasteiger partial charge in [-0.2, -0.15) is 5.10 Å². The third-order valence-corrected chi connectivity index (χ3v) is 9.93. The first-order valence-electron chi connectivity index (χ1n) is 17.5. The van der Waals surface area contributed by atoms with Gasteiger partial charge in [0, 0.05) is 26.9 Å². The van der Waals surface area contributed by atoms with Crippen molar-refractivity contribution in [2.24, 2.45) is 0 Å². The average molecular weight is 682 g/mol. The van der Waals surface area contributed by atoms with Gasteiger partial charge in [0.2, 0.25) is 0 Å². The highest BCUT2D eigenvalue weighted by atomic mass is 16.3. The van der Waals surface area contributed by atoms with Gasteiger partial charge in [0.05, 0.1) is 22.3 Å². The molecule has 0 amide bonds. The molecule has 7 nitrogen and oxygen atoms in total. The lowest BCUT2D eigenvalue weighted by Gasteiger charge is -2.09. The fourth-order valence-corrected chi connectivity index (χ4v) is 7.52. The summed E-state index contributed by atoms with van der Waals surface area (Å²) in [6, 6.07) is 55.2. The first kappa shape index (κ1) is 29.4. The summed E-state index contributed by atoms with van der Waals surface area (Å²) in [4.78, 5) is 15.7. The Kier molecular flexibility index (Phi) is 6.42. The van der Waals surface area contributed by atoms with Crippen LogP contribution in [-0.2, 0) is 0 Å². The highest BCUT2D eigenvalue weighted by Crippen LogP contribution is 2.41. The molecule has 0 fully saturated rings. The Morgan fingerprint density at radius 3 is 1.51 bits per heavy atom. The van der Waals surface area contributed by atoms with Gasteiger partial charge >= 0.3 is 0 Å². The summed E-state index contributed by atoms with van der Waals surface area (Å²) in [6.07, 6.45) is 0. The monoisotopic (exact) mass is 681 g/mol. The van der Waals surface area contributed by atoms with Gasteiger partial charge in [0.25, 0.3) is 0 Å². The predicted octanol–water partition coefficient (Wildman–Crippen LogP) is 11.7. The molecule has 0 saturated heterocycles. The van der Waals surface area contributed by atoms with E-state index in [2.05, 4.69) is 78.9 Å². The van der Waals surface area contributed by atoms with Crippen LogP contribution < -0.4 is 0 Å². The summed E-state index contributed by atoms with van der Waals surface area (Å²) >= 11 is 0. The van der Waals surface area contributed by atoms with E-state index in [1.807, 2.05) is 89.6 Å². The van der Waals surface area contributed by atoms with E-state index in [1.165, 1.54) is 0 Å². The lowest BCUT2D eigenvalue weighted by Crippen LogP contribution is -2.02. The molecular weight excluding hydrogens is 655 g/mol. The van der Waals surface area contributed by atoms with E-state index >= 15 is 0 Å². The minimum absolute atomic E-state index is 0.439. The minimum Gasteiger partial charge on any atom is -0.455 e. The van der Waals surface area contributed by atoms with Crippen molar-refractivity contribution in [3.8, 4) is 51.1 Å².